The molecule has 2 aliphatic rings. The molecule has 0 aromatic heterocycles. The lowest BCUT2D eigenvalue weighted by molar-refractivity contribution is 0.544. The highest BCUT2D eigenvalue weighted by Gasteiger charge is 2.18. The highest BCUT2D eigenvalue weighted by atomic mass is 79.9. The number of hydrogen-bond donors (Lipinski definition) is 0. The maximum absolute atomic E-state index is 11.5. The maximum atomic E-state index is 11.5. The molecule has 0 fully saturated rings. The highest BCUT2D eigenvalue weighted by molar-refractivity contribution is 9.11. The first kappa shape index (κ1) is 27.3. The van der Waals surface area contributed by atoms with Crippen molar-refractivity contribution >= 4 is 54.0 Å². The zero-order valence-corrected chi connectivity index (χ0v) is 25.8. The van der Waals surface area contributed by atoms with E-state index < -0.39 is 22.2 Å². The molecule has 6 rings (SSSR count). The monoisotopic (exact) mass is 672 g/mol. The van der Waals surface area contributed by atoms with E-state index in [1.165, 1.54) is 16.7 Å². The van der Waals surface area contributed by atoms with Crippen LogP contribution in [0.2, 0.25) is 0 Å². The van der Waals surface area contributed by atoms with Gasteiger partial charge >= 0.3 is 0 Å². The summed E-state index contributed by atoms with van der Waals surface area (Å²) in [6.45, 7) is 4.20. The quantitative estimate of drug-likeness (QED) is 0.216. The van der Waals surface area contributed by atoms with Crippen molar-refractivity contribution in [3.05, 3.63) is 104 Å². The fourth-order valence-electron chi connectivity index (χ4n) is 4.57. The highest BCUT2D eigenvalue weighted by Crippen LogP contribution is 2.34. The summed E-state index contributed by atoms with van der Waals surface area (Å²) in [7, 11) is 0. The Morgan fingerprint density at radius 3 is 1.50 bits per heavy atom. The molecule has 2 aliphatic heterocycles. The summed E-state index contributed by atoms with van der Waals surface area (Å²) in [5, 5.41) is 0. The van der Waals surface area contributed by atoms with Crippen LogP contribution in [0, 0.1) is 13.8 Å². The normalized spacial score (nSPS) is 17.7. The summed E-state index contributed by atoms with van der Waals surface area (Å²) in [6.07, 6.45) is 1.64. The molecule has 4 aromatic carbocycles. The van der Waals surface area contributed by atoms with Gasteiger partial charge in [-0.1, -0.05) is 85.5 Å². The molecule has 196 valence electrons. The molecule has 4 nitrogen and oxygen atoms in total. The Hall–Kier alpha value is -2.26. The first-order valence-electron chi connectivity index (χ1n) is 12.2. The van der Waals surface area contributed by atoms with Gasteiger partial charge in [0.05, 0.1) is 11.5 Å². The summed E-state index contributed by atoms with van der Waals surface area (Å²) in [4.78, 5) is 0. The van der Waals surface area contributed by atoms with Crippen molar-refractivity contribution in [2.45, 2.75) is 26.7 Å². The van der Waals surface area contributed by atoms with Crippen molar-refractivity contribution in [2.24, 2.45) is 0 Å². The predicted molar refractivity (Wildman–Crippen MR) is 163 cm³/mol. The number of fused-ring (bicyclic) bond motifs is 2. The first-order chi connectivity index (χ1) is 18.2. The molecule has 0 N–H and O–H groups in total. The number of benzene rings is 4. The average molecular weight is 674 g/mol. The van der Waals surface area contributed by atoms with E-state index in [1.807, 2.05) is 30.3 Å². The second-order valence-electron chi connectivity index (χ2n) is 9.36. The van der Waals surface area contributed by atoms with Gasteiger partial charge in [-0.15, -0.1) is 0 Å². The van der Waals surface area contributed by atoms with Crippen LogP contribution in [0.5, 0.6) is 11.5 Å². The van der Waals surface area contributed by atoms with E-state index in [-0.39, 0.29) is 0 Å². The van der Waals surface area contributed by atoms with E-state index in [9.17, 15) is 8.42 Å². The zero-order chi connectivity index (χ0) is 26.8. The van der Waals surface area contributed by atoms with Crippen LogP contribution in [0.3, 0.4) is 0 Å². The third kappa shape index (κ3) is 6.65. The Bertz CT molecular complexity index is 1410. The van der Waals surface area contributed by atoms with Crippen LogP contribution in [0.4, 0.5) is 0 Å². The first-order valence-corrected chi connectivity index (χ1v) is 16.3. The molecule has 0 bridgehead atoms. The number of hydrogen-bond acceptors (Lipinski definition) is 4. The van der Waals surface area contributed by atoms with Crippen molar-refractivity contribution in [1.82, 2.24) is 0 Å². The molecule has 2 unspecified atom stereocenters. The lowest BCUT2D eigenvalue weighted by Crippen LogP contribution is -2.14. The number of aryl methyl sites for hydroxylation is 4. The fourth-order valence-corrected chi connectivity index (χ4v) is 7.51. The predicted octanol–water partition coefficient (Wildman–Crippen LogP) is 8.05. The second kappa shape index (κ2) is 11.9. The molecule has 0 spiro atoms. The van der Waals surface area contributed by atoms with Crippen molar-refractivity contribution in [2.75, 3.05) is 11.5 Å². The number of halogens is 2. The molecular formula is C30H26Br2O4S2. The molecule has 0 radical (unpaired) electrons. The van der Waals surface area contributed by atoms with Crippen LogP contribution in [-0.4, -0.2) is 19.9 Å². The van der Waals surface area contributed by atoms with Crippen LogP contribution in [0.15, 0.2) is 81.7 Å². The Kier molecular flexibility index (Phi) is 8.53. The summed E-state index contributed by atoms with van der Waals surface area (Å²) < 4.78 is 35.8. The zero-order valence-electron chi connectivity index (χ0n) is 21.0. The smallest absolute Gasteiger partial charge is 0.206 e. The number of rotatable bonds is 2. The van der Waals surface area contributed by atoms with Crippen LogP contribution in [0.1, 0.15) is 22.3 Å². The molecule has 8 heteroatoms. The van der Waals surface area contributed by atoms with E-state index in [4.69, 9.17) is 8.37 Å². The average Bonchev–Trinajstić information content (AvgIpc) is 2.87. The van der Waals surface area contributed by atoms with Gasteiger partial charge in [-0.3, -0.25) is 0 Å². The van der Waals surface area contributed by atoms with Crippen LogP contribution < -0.4 is 8.37 Å². The fraction of sp³-hybridized carbons (Fsp3) is 0.200. The van der Waals surface area contributed by atoms with Crippen molar-refractivity contribution in [3.8, 4) is 33.8 Å². The van der Waals surface area contributed by atoms with Crippen LogP contribution in [-0.2, 0) is 35.0 Å². The van der Waals surface area contributed by atoms with Crippen LogP contribution >= 0.6 is 31.9 Å². The lowest BCUT2D eigenvalue weighted by Gasteiger charge is -2.17. The Morgan fingerprint density at radius 2 is 1.03 bits per heavy atom. The molecule has 2 heterocycles. The Labute approximate surface area is 245 Å². The van der Waals surface area contributed by atoms with E-state index in [2.05, 4.69) is 88.2 Å². The third-order valence-electron chi connectivity index (χ3n) is 6.33. The lowest BCUT2D eigenvalue weighted by atomic mass is 9.99. The summed E-state index contributed by atoms with van der Waals surface area (Å²) >= 11 is 4.60. The van der Waals surface area contributed by atoms with Gasteiger partial charge in [-0.25, -0.2) is 8.42 Å². The summed E-state index contributed by atoms with van der Waals surface area (Å²) in [5.74, 6) is 2.67. The van der Waals surface area contributed by atoms with Crippen molar-refractivity contribution in [1.29, 1.82) is 0 Å². The van der Waals surface area contributed by atoms with Gasteiger partial charge in [0.15, 0.2) is 0 Å². The summed E-state index contributed by atoms with van der Waals surface area (Å²) in [6, 6.07) is 24.9. The maximum Gasteiger partial charge on any atom is 0.206 e. The van der Waals surface area contributed by atoms with Gasteiger partial charge in [0.1, 0.15) is 11.5 Å². The summed E-state index contributed by atoms with van der Waals surface area (Å²) in [5.41, 5.74) is 9.20. The van der Waals surface area contributed by atoms with E-state index in [0.29, 0.717) is 11.5 Å². The minimum atomic E-state index is -1.19. The molecular weight excluding hydrogens is 648 g/mol. The van der Waals surface area contributed by atoms with Crippen LogP contribution in [0.25, 0.3) is 22.3 Å². The molecule has 4 aromatic rings. The van der Waals surface area contributed by atoms with Gasteiger partial charge < -0.3 is 8.37 Å². The molecule has 38 heavy (non-hydrogen) atoms. The van der Waals surface area contributed by atoms with Gasteiger partial charge in [0, 0.05) is 8.95 Å². The Balaban J connectivity index is 0.000000155. The van der Waals surface area contributed by atoms with Gasteiger partial charge in [0.25, 0.3) is 0 Å². The van der Waals surface area contributed by atoms with Gasteiger partial charge in [-0.2, -0.15) is 0 Å². The van der Waals surface area contributed by atoms with E-state index in [1.54, 1.807) is 0 Å². The van der Waals surface area contributed by atoms with Crippen molar-refractivity contribution < 1.29 is 16.8 Å². The third-order valence-corrected chi connectivity index (χ3v) is 9.05. The molecule has 2 atom stereocenters. The van der Waals surface area contributed by atoms with Crippen molar-refractivity contribution in [3.63, 3.8) is 0 Å². The second-order valence-corrected chi connectivity index (χ2v) is 13.6. The minimum absolute atomic E-state index is 0.578. The minimum Gasteiger partial charge on any atom is -0.400 e. The SMILES string of the molecule is Cc1cc(C)cc(-c2ccc3c(c2)OS(=O)CC3)c1.O=S1CCc2ccc(-c3cc(Br)cc(Br)c3)cc2O1. The van der Waals surface area contributed by atoms with Gasteiger partial charge in [0.2, 0.25) is 22.2 Å². The molecule has 0 saturated carbocycles. The topological polar surface area (TPSA) is 52.6 Å². The standard InChI is InChI=1S/C16H16O2S.C14H10Br2O2S/c1-11-7-12(2)9-15(8-11)14-4-3-13-5-6-19(17)18-16(13)10-14;15-12-5-11(6-13(16)8-12)10-2-1-9-3-4-19(17)18-14(9)7-10/h3-4,7-10H,5-6H2,1-2H3;1-2,5-8H,3-4H2. The molecule has 0 saturated heterocycles. The van der Waals surface area contributed by atoms with Gasteiger partial charge in [-0.05, 0) is 90.4 Å². The molecule has 0 amide bonds. The Morgan fingerprint density at radius 1 is 0.579 bits per heavy atom. The largest absolute Gasteiger partial charge is 0.400 e. The van der Waals surface area contributed by atoms with E-state index in [0.717, 1.165) is 61.1 Å². The van der Waals surface area contributed by atoms with E-state index >= 15 is 0 Å². The molecule has 0 aliphatic carbocycles.